The minimum atomic E-state index is -0.134. The molecule has 166 valence electrons. The summed E-state index contributed by atoms with van der Waals surface area (Å²) in [6, 6.07) is 14.0. The van der Waals surface area contributed by atoms with Gasteiger partial charge in [0.15, 0.2) is 0 Å². The maximum Gasteiger partial charge on any atom is 0.238 e. The fourth-order valence-electron chi connectivity index (χ4n) is 4.02. The molecule has 6 heteroatoms. The number of benzene rings is 2. The molecule has 1 fully saturated rings. The topological polar surface area (TPSA) is 64.7 Å². The second-order valence-corrected chi connectivity index (χ2v) is 8.48. The molecular formula is C25H34N4O2. The zero-order valence-corrected chi connectivity index (χ0v) is 18.9. The first-order valence-corrected chi connectivity index (χ1v) is 11.1. The number of amides is 2. The van der Waals surface area contributed by atoms with E-state index in [1.807, 2.05) is 44.2 Å². The molecule has 0 spiro atoms. The van der Waals surface area contributed by atoms with E-state index >= 15 is 0 Å². The van der Waals surface area contributed by atoms with Crippen molar-refractivity contribution in [2.45, 2.75) is 39.5 Å². The largest absolute Gasteiger partial charge is 0.372 e. The van der Waals surface area contributed by atoms with Crippen LogP contribution in [0.1, 0.15) is 36.8 Å². The summed E-state index contributed by atoms with van der Waals surface area (Å²) < 4.78 is 0. The molecule has 0 saturated carbocycles. The third kappa shape index (κ3) is 6.82. The first kappa shape index (κ1) is 22.8. The van der Waals surface area contributed by atoms with Gasteiger partial charge in [0.05, 0.1) is 13.1 Å². The standard InChI is InChI=1S/C25H34N4O2/c1-19-9-8-10-20(2)25(19)27-24(31)18-28(3)17-23(30)26-21-11-13-22(14-12-21)29-15-6-4-5-7-16-29/h8-14H,4-7,15-18H2,1-3H3,(H,26,30)(H,27,31). The van der Waals surface area contributed by atoms with Gasteiger partial charge in [-0.3, -0.25) is 14.5 Å². The Hall–Kier alpha value is -2.86. The van der Waals surface area contributed by atoms with Crippen molar-refractivity contribution >= 4 is 28.9 Å². The molecule has 0 aromatic heterocycles. The molecule has 0 aliphatic carbocycles. The smallest absolute Gasteiger partial charge is 0.238 e. The molecule has 6 nitrogen and oxygen atoms in total. The quantitative estimate of drug-likeness (QED) is 0.702. The van der Waals surface area contributed by atoms with Gasteiger partial charge in [0, 0.05) is 30.2 Å². The van der Waals surface area contributed by atoms with Gasteiger partial charge in [0.1, 0.15) is 0 Å². The van der Waals surface area contributed by atoms with Crippen molar-refractivity contribution in [2.75, 3.05) is 48.8 Å². The van der Waals surface area contributed by atoms with Gasteiger partial charge in [-0.2, -0.15) is 0 Å². The molecule has 31 heavy (non-hydrogen) atoms. The molecule has 1 heterocycles. The lowest BCUT2D eigenvalue weighted by Gasteiger charge is -2.23. The van der Waals surface area contributed by atoms with E-state index in [1.165, 1.54) is 31.4 Å². The van der Waals surface area contributed by atoms with E-state index in [0.717, 1.165) is 35.6 Å². The second kappa shape index (κ2) is 11.0. The van der Waals surface area contributed by atoms with Crippen molar-refractivity contribution in [1.29, 1.82) is 0 Å². The number of rotatable bonds is 7. The summed E-state index contributed by atoms with van der Waals surface area (Å²) in [5.74, 6) is -0.264. The average Bonchev–Trinajstić information content (AvgIpc) is 3.01. The fourth-order valence-corrected chi connectivity index (χ4v) is 4.02. The van der Waals surface area contributed by atoms with E-state index in [4.69, 9.17) is 0 Å². The molecular weight excluding hydrogens is 388 g/mol. The lowest BCUT2D eigenvalue weighted by Crippen LogP contribution is -2.36. The summed E-state index contributed by atoms with van der Waals surface area (Å²) >= 11 is 0. The molecule has 0 unspecified atom stereocenters. The first-order valence-electron chi connectivity index (χ1n) is 11.1. The normalized spacial score (nSPS) is 14.3. The van der Waals surface area contributed by atoms with Crippen LogP contribution in [0.15, 0.2) is 42.5 Å². The Morgan fingerprint density at radius 1 is 0.839 bits per heavy atom. The van der Waals surface area contributed by atoms with Gasteiger partial charge in [-0.1, -0.05) is 31.0 Å². The van der Waals surface area contributed by atoms with E-state index in [-0.39, 0.29) is 24.9 Å². The maximum atomic E-state index is 12.4. The molecule has 2 aromatic carbocycles. The molecule has 2 aromatic rings. The van der Waals surface area contributed by atoms with Gasteiger partial charge >= 0.3 is 0 Å². The highest BCUT2D eigenvalue weighted by Gasteiger charge is 2.14. The highest BCUT2D eigenvalue weighted by molar-refractivity contribution is 5.95. The Labute approximate surface area is 185 Å². The van der Waals surface area contributed by atoms with Crippen LogP contribution < -0.4 is 15.5 Å². The first-order chi connectivity index (χ1) is 14.9. The molecule has 0 atom stereocenters. The molecule has 1 aliphatic heterocycles. The molecule has 1 saturated heterocycles. The van der Waals surface area contributed by atoms with Crippen LogP contribution in [-0.2, 0) is 9.59 Å². The van der Waals surface area contributed by atoms with Crippen molar-refractivity contribution in [3.63, 3.8) is 0 Å². The van der Waals surface area contributed by atoms with Crippen LogP contribution >= 0.6 is 0 Å². The van der Waals surface area contributed by atoms with Crippen LogP contribution in [-0.4, -0.2) is 49.9 Å². The van der Waals surface area contributed by atoms with E-state index < -0.39 is 0 Å². The van der Waals surface area contributed by atoms with Crippen molar-refractivity contribution < 1.29 is 9.59 Å². The van der Waals surface area contributed by atoms with Crippen LogP contribution in [0.3, 0.4) is 0 Å². The number of likely N-dealkylation sites (N-methyl/N-ethyl adjacent to an activating group) is 1. The Morgan fingerprint density at radius 3 is 1.97 bits per heavy atom. The minimum Gasteiger partial charge on any atom is -0.372 e. The fraction of sp³-hybridized carbons (Fsp3) is 0.440. The summed E-state index contributed by atoms with van der Waals surface area (Å²) in [5, 5.41) is 5.88. The number of aryl methyl sites for hydroxylation is 2. The van der Waals surface area contributed by atoms with Gasteiger partial charge < -0.3 is 15.5 Å². The van der Waals surface area contributed by atoms with Crippen molar-refractivity contribution in [2.24, 2.45) is 0 Å². The number of carbonyl (C=O) groups excluding carboxylic acids is 2. The van der Waals surface area contributed by atoms with Crippen molar-refractivity contribution in [3.8, 4) is 0 Å². The number of carbonyl (C=O) groups is 2. The van der Waals surface area contributed by atoms with Crippen molar-refractivity contribution in [1.82, 2.24) is 4.90 Å². The van der Waals surface area contributed by atoms with Crippen LogP contribution in [0.5, 0.6) is 0 Å². The minimum absolute atomic E-state index is 0.130. The highest BCUT2D eigenvalue weighted by Crippen LogP contribution is 2.22. The molecule has 0 radical (unpaired) electrons. The predicted molar refractivity (Wildman–Crippen MR) is 128 cm³/mol. The van der Waals surface area contributed by atoms with Crippen LogP contribution in [0.2, 0.25) is 0 Å². The van der Waals surface area contributed by atoms with Gasteiger partial charge in [-0.25, -0.2) is 0 Å². The van der Waals surface area contributed by atoms with E-state index in [2.05, 4.69) is 27.7 Å². The Balaban J connectivity index is 1.47. The number of nitrogens with one attached hydrogen (secondary N) is 2. The Kier molecular flexibility index (Phi) is 8.06. The molecule has 0 bridgehead atoms. The number of hydrogen-bond donors (Lipinski definition) is 2. The zero-order valence-electron chi connectivity index (χ0n) is 18.9. The van der Waals surface area contributed by atoms with Crippen LogP contribution in [0.4, 0.5) is 17.1 Å². The van der Waals surface area contributed by atoms with Gasteiger partial charge in [-0.05, 0) is 69.1 Å². The average molecular weight is 423 g/mol. The Bertz CT molecular complexity index is 867. The predicted octanol–water partition coefficient (Wildman–Crippen LogP) is 4.19. The summed E-state index contributed by atoms with van der Waals surface area (Å²) in [4.78, 5) is 28.9. The lowest BCUT2D eigenvalue weighted by atomic mass is 10.1. The summed E-state index contributed by atoms with van der Waals surface area (Å²) in [5.41, 5.74) is 4.88. The van der Waals surface area contributed by atoms with E-state index in [1.54, 1.807) is 11.9 Å². The highest BCUT2D eigenvalue weighted by atomic mass is 16.2. The molecule has 2 N–H and O–H groups in total. The second-order valence-electron chi connectivity index (χ2n) is 8.48. The molecule has 3 rings (SSSR count). The number of nitrogens with zero attached hydrogens (tertiary/aromatic N) is 2. The van der Waals surface area contributed by atoms with Gasteiger partial charge in [0.25, 0.3) is 0 Å². The summed E-state index contributed by atoms with van der Waals surface area (Å²) in [7, 11) is 1.77. The summed E-state index contributed by atoms with van der Waals surface area (Å²) in [6.45, 7) is 6.43. The number of hydrogen-bond acceptors (Lipinski definition) is 4. The van der Waals surface area contributed by atoms with Gasteiger partial charge in [-0.15, -0.1) is 0 Å². The van der Waals surface area contributed by atoms with Crippen LogP contribution in [0.25, 0.3) is 0 Å². The Morgan fingerprint density at radius 2 is 1.39 bits per heavy atom. The van der Waals surface area contributed by atoms with E-state index in [0.29, 0.717) is 0 Å². The monoisotopic (exact) mass is 422 g/mol. The van der Waals surface area contributed by atoms with Crippen LogP contribution in [0, 0.1) is 13.8 Å². The SMILES string of the molecule is Cc1cccc(C)c1NC(=O)CN(C)CC(=O)Nc1ccc(N2CCCCCC2)cc1. The van der Waals surface area contributed by atoms with Crippen molar-refractivity contribution in [3.05, 3.63) is 53.6 Å². The maximum absolute atomic E-state index is 12.4. The zero-order chi connectivity index (χ0) is 22.2. The molecule has 2 amide bonds. The molecule has 1 aliphatic rings. The summed E-state index contributed by atoms with van der Waals surface area (Å²) in [6.07, 6.45) is 5.09. The number of anilines is 3. The van der Waals surface area contributed by atoms with Gasteiger partial charge in [0.2, 0.25) is 11.8 Å². The lowest BCUT2D eigenvalue weighted by molar-refractivity contribution is -0.119. The van der Waals surface area contributed by atoms with E-state index in [9.17, 15) is 9.59 Å². The third-order valence-corrected chi connectivity index (χ3v) is 5.69. The third-order valence-electron chi connectivity index (χ3n) is 5.69. The number of para-hydroxylation sites is 1.